The number of ether oxygens (including phenoxy) is 1. The largest absolute Gasteiger partial charge is 0.497 e. The number of methoxy groups -OCH3 is 1. The maximum absolute atomic E-state index is 12.6. The van der Waals surface area contributed by atoms with Gasteiger partial charge >= 0.3 is 0 Å². The van der Waals surface area contributed by atoms with Gasteiger partial charge in [-0.15, -0.1) is 10.2 Å². The molecule has 2 heterocycles. The number of aromatic nitrogens is 2. The second kappa shape index (κ2) is 9.39. The summed E-state index contributed by atoms with van der Waals surface area (Å²) in [7, 11) is 1.64. The van der Waals surface area contributed by atoms with Crippen molar-refractivity contribution in [2.24, 2.45) is 5.92 Å². The van der Waals surface area contributed by atoms with Crippen molar-refractivity contribution in [1.29, 1.82) is 0 Å². The highest BCUT2D eigenvalue weighted by Gasteiger charge is 2.25. The Morgan fingerprint density at radius 3 is 2.53 bits per heavy atom. The molecular formula is C24H26N4O2. The van der Waals surface area contributed by atoms with Gasteiger partial charge in [0.2, 0.25) is 5.91 Å². The number of rotatable bonds is 6. The van der Waals surface area contributed by atoms with Gasteiger partial charge < -0.3 is 15.0 Å². The molecule has 3 aromatic rings. The van der Waals surface area contributed by atoms with Crippen LogP contribution in [0.2, 0.25) is 0 Å². The Kier molecular flexibility index (Phi) is 6.23. The summed E-state index contributed by atoms with van der Waals surface area (Å²) in [6.07, 6.45) is 1.62. The van der Waals surface area contributed by atoms with Crippen molar-refractivity contribution in [1.82, 2.24) is 15.5 Å². The lowest BCUT2D eigenvalue weighted by atomic mass is 9.96. The zero-order valence-electron chi connectivity index (χ0n) is 17.1. The second-order valence-corrected chi connectivity index (χ2v) is 7.47. The fourth-order valence-corrected chi connectivity index (χ4v) is 3.74. The summed E-state index contributed by atoms with van der Waals surface area (Å²) in [6.45, 7) is 2.12. The van der Waals surface area contributed by atoms with Crippen molar-refractivity contribution < 1.29 is 9.53 Å². The molecule has 1 fully saturated rings. The molecule has 0 bridgehead atoms. The maximum Gasteiger partial charge on any atom is 0.223 e. The van der Waals surface area contributed by atoms with Gasteiger partial charge in [0.1, 0.15) is 5.75 Å². The normalized spacial score (nSPS) is 14.4. The topological polar surface area (TPSA) is 67.3 Å². The van der Waals surface area contributed by atoms with Crippen molar-refractivity contribution in [3.8, 4) is 17.0 Å². The van der Waals surface area contributed by atoms with E-state index in [1.54, 1.807) is 7.11 Å². The number of hydrogen-bond donors (Lipinski definition) is 1. The number of nitrogens with one attached hydrogen (secondary N) is 1. The van der Waals surface area contributed by atoms with Gasteiger partial charge in [-0.3, -0.25) is 4.79 Å². The monoisotopic (exact) mass is 402 g/mol. The standard InChI is InChI=1S/C24H26N4O2/c1-30-21-9-5-6-18(16-21)17-25-24(29)20-12-14-28(15-13-20)23-11-10-22(26-27-23)19-7-3-2-4-8-19/h2-11,16,20H,12-15,17H2,1H3,(H,25,29). The summed E-state index contributed by atoms with van der Waals surface area (Å²) in [5, 5.41) is 11.8. The molecule has 1 N–H and O–H groups in total. The number of amides is 1. The Balaban J connectivity index is 1.28. The van der Waals surface area contributed by atoms with Crippen molar-refractivity contribution >= 4 is 11.7 Å². The van der Waals surface area contributed by atoms with E-state index in [9.17, 15) is 4.79 Å². The molecule has 0 aliphatic carbocycles. The number of piperidine rings is 1. The Bertz CT molecular complexity index is 968. The minimum absolute atomic E-state index is 0.0309. The predicted octanol–water partition coefficient (Wildman–Crippen LogP) is 3.69. The SMILES string of the molecule is COc1cccc(CNC(=O)C2CCN(c3ccc(-c4ccccc4)nn3)CC2)c1. The molecule has 154 valence electrons. The van der Waals surface area contributed by atoms with Gasteiger partial charge in [-0.1, -0.05) is 42.5 Å². The molecule has 0 saturated carbocycles. The molecule has 6 nitrogen and oxygen atoms in total. The van der Waals surface area contributed by atoms with Crippen molar-refractivity contribution in [3.05, 3.63) is 72.3 Å². The molecule has 1 aromatic heterocycles. The minimum Gasteiger partial charge on any atom is -0.497 e. The number of carbonyl (C=O) groups is 1. The van der Waals surface area contributed by atoms with Crippen LogP contribution in [0.25, 0.3) is 11.3 Å². The van der Waals surface area contributed by atoms with Crippen LogP contribution in [-0.2, 0) is 11.3 Å². The number of hydrogen-bond acceptors (Lipinski definition) is 5. The van der Waals surface area contributed by atoms with Crippen LogP contribution in [0.4, 0.5) is 5.82 Å². The van der Waals surface area contributed by atoms with Crippen molar-refractivity contribution in [2.75, 3.05) is 25.1 Å². The summed E-state index contributed by atoms with van der Waals surface area (Å²) in [5.41, 5.74) is 2.96. The number of carbonyl (C=O) groups excluding carboxylic acids is 1. The van der Waals surface area contributed by atoms with Gasteiger partial charge in [0, 0.05) is 31.1 Å². The molecule has 1 saturated heterocycles. The summed E-state index contributed by atoms with van der Waals surface area (Å²) < 4.78 is 5.24. The van der Waals surface area contributed by atoms with Crippen LogP contribution in [0.1, 0.15) is 18.4 Å². The Morgan fingerprint density at radius 2 is 1.83 bits per heavy atom. The first-order valence-electron chi connectivity index (χ1n) is 10.3. The summed E-state index contributed by atoms with van der Waals surface area (Å²) in [5.74, 6) is 1.81. The predicted molar refractivity (Wildman–Crippen MR) is 117 cm³/mol. The Morgan fingerprint density at radius 1 is 1.03 bits per heavy atom. The fraction of sp³-hybridized carbons (Fsp3) is 0.292. The molecule has 0 unspecified atom stereocenters. The molecule has 1 amide bonds. The van der Waals surface area contributed by atoms with Gasteiger partial charge in [0.05, 0.1) is 12.8 Å². The summed E-state index contributed by atoms with van der Waals surface area (Å²) >= 11 is 0. The highest BCUT2D eigenvalue weighted by Crippen LogP contribution is 2.23. The van der Waals surface area contributed by atoms with E-state index in [1.807, 2.05) is 66.7 Å². The molecule has 1 aliphatic rings. The van der Waals surface area contributed by atoms with Crippen LogP contribution in [-0.4, -0.2) is 36.3 Å². The van der Waals surface area contributed by atoms with E-state index < -0.39 is 0 Å². The van der Waals surface area contributed by atoms with Crippen molar-refractivity contribution in [3.63, 3.8) is 0 Å². The molecule has 0 spiro atoms. The molecule has 30 heavy (non-hydrogen) atoms. The van der Waals surface area contributed by atoms with Crippen molar-refractivity contribution in [2.45, 2.75) is 19.4 Å². The lowest BCUT2D eigenvalue weighted by Gasteiger charge is -2.31. The molecule has 1 aliphatic heterocycles. The molecule has 0 radical (unpaired) electrons. The number of nitrogens with zero attached hydrogens (tertiary/aromatic N) is 3. The van der Waals surface area contributed by atoms with Crippen LogP contribution < -0.4 is 15.0 Å². The minimum atomic E-state index is 0.0309. The zero-order chi connectivity index (χ0) is 20.8. The van der Waals surface area contributed by atoms with Gasteiger partial charge in [0.15, 0.2) is 5.82 Å². The number of anilines is 1. The summed E-state index contributed by atoms with van der Waals surface area (Å²) in [6, 6.07) is 21.8. The highest BCUT2D eigenvalue weighted by molar-refractivity contribution is 5.79. The van der Waals surface area contributed by atoms with Crippen LogP contribution in [0.5, 0.6) is 5.75 Å². The average Bonchev–Trinajstić information content (AvgIpc) is 2.83. The molecule has 6 heteroatoms. The van der Waals surface area contributed by atoms with E-state index >= 15 is 0 Å². The van der Waals surface area contributed by atoms with Crippen LogP contribution in [0.15, 0.2) is 66.7 Å². The Hall–Kier alpha value is -3.41. The maximum atomic E-state index is 12.6. The highest BCUT2D eigenvalue weighted by atomic mass is 16.5. The van der Waals surface area contributed by atoms with Gasteiger partial charge in [0.25, 0.3) is 0 Å². The number of benzene rings is 2. The molecule has 4 rings (SSSR count). The van der Waals surface area contributed by atoms with Crippen LogP contribution in [0, 0.1) is 5.92 Å². The van der Waals surface area contributed by atoms with Crippen LogP contribution in [0.3, 0.4) is 0 Å². The molecule has 2 aromatic carbocycles. The summed E-state index contributed by atoms with van der Waals surface area (Å²) in [4.78, 5) is 14.8. The average molecular weight is 402 g/mol. The second-order valence-electron chi connectivity index (χ2n) is 7.47. The van der Waals surface area contributed by atoms with E-state index in [-0.39, 0.29) is 11.8 Å². The van der Waals surface area contributed by atoms with E-state index in [4.69, 9.17) is 4.74 Å². The van der Waals surface area contributed by atoms with E-state index in [2.05, 4.69) is 20.4 Å². The first kappa shape index (κ1) is 19.9. The lowest BCUT2D eigenvalue weighted by molar-refractivity contribution is -0.125. The third kappa shape index (κ3) is 4.76. The Labute approximate surface area is 176 Å². The third-order valence-corrected chi connectivity index (χ3v) is 5.51. The van der Waals surface area contributed by atoms with Gasteiger partial charge in [-0.2, -0.15) is 0 Å². The first-order valence-corrected chi connectivity index (χ1v) is 10.3. The van der Waals surface area contributed by atoms with Gasteiger partial charge in [-0.25, -0.2) is 0 Å². The first-order chi connectivity index (χ1) is 14.7. The quantitative estimate of drug-likeness (QED) is 0.681. The smallest absolute Gasteiger partial charge is 0.223 e. The molecular weight excluding hydrogens is 376 g/mol. The van der Waals surface area contributed by atoms with E-state index in [0.717, 1.165) is 54.3 Å². The van der Waals surface area contributed by atoms with E-state index in [1.165, 1.54) is 0 Å². The van der Waals surface area contributed by atoms with Crippen LogP contribution >= 0.6 is 0 Å². The van der Waals surface area contributed by atoms with E-state index in [0.29, 0.717) is 6.54 Å². The zero-order valence-corrected chi connectivity index (χ0v) is 17.1. The lowest BCUT2D eigenvalue weighted by Crippen LogP contribution is -2.40. The van der Waals surface area contributed by atoms with Gasteiger partial charge in [-0.05, 0) is 42.7 Å². The third-order valence-electron chi connectivity index (χ3n) is 5.51. The molecule has 0 atom stereocenters. The fourth-order valence-electron chi connectivity index (χ4n) is 3.74.